The van der Waals surface area contributed by atoms with E-state index in [4.69, 9.17) is 10.5 Å². The Balaban J connectivity index is 1.84. The lowest BCUT2D eigenvalue weighted by Gasteiger charge is -2.28. The Morgan fingerprint density at radius 1 is 1.14 bits per heavy atom. The molecule has 0 atom stereocenters. The molecular formula is C19H21NO. The van der Waals surface area contributed by atoms with Crippen LogP contribution >= 0.6 is 0 Å². The van der Waals surface area contributed by atoms with Crippen molar-refractivity contribution >= 4 is 0 Å². The molecule has 0 unspecified atom stereocenters. The minimum Gasteiger partial charge on any atom is -0.493 e. The van der Waals surface area contributed by atoms with Crippen molar-refractivity contribution in [1.29, 1.82) is 0 Å². The Kier molecular flexibility index (Phi) is 3.19. The first-order chi connectivity index (χ1) is 10.4. The summed E-state index contributed by atoms with van der Waals surface area (Å²) in [4.78, 5) is 0. The zero-order chi connectivity index (χ0) is 14.2. The van der Waals surface area contributed by atoms with Gasteiger partial charge < -0.3 is 10.5 Å². The van der Waals surface area contributed by atoms with Gasteiger partial charge in [-0.05, 0) is 53.1 Å². The van der Waals surface area contributed by atoms with Crippen LogP contribution in [-0.2, 0) is 13.0 Å². The van der Waals surface area contributed by atoms with Crippen LogP contribution in [0, 0.1) is 0 Å². The summed E-state index contributed by atoms with van der Waals surface area (Å²) < 4.78 is 5.74. The molecule has 2 nitrogen and oxygen atoms in total. The Bertz CT molecular complexity index is 673. The van der Waals surface area contributed by atoms with Crippen LogP contribution in [0.15, 0.2) is 36.4 Å². The van der Waals surface area contributed by atoms with Gasteiger partial charge in [0.15, 0.2) is 0 Å². The quantitative estimate of drug-likeness (QED) is 0.921. The summed E-state index contributed by atoms with van der Waals surface area (Å²) in [5.74, 6) is 1.77. The van der Waals surface area contributed by atoms with Gasteiger partial charge in [0.1, 0.15) is 5.75 Å². The third kappa shape index (κ3) is 2.14. The van der Waals surface area contributed by atoms with Crippen molar-refractivity contribution in [3.8, 4) is 16.9 Å². The van der Waals surface area contributed by atoms with Gasteiger partial charge in [-0.25, -0.2) is 0 Å². The molecule has 2 aliphatic rings. The minimum absolute atomic E-state index is 0.543. The third-order valence-electron chi connectivity index (χ3n) is 4.90. The van der Waals surface area contributed by atoms with Crippen molar-refractivity contribution < 1.29 is 4.74 Å². The van der Waals surface area contributed by atoms with Gasteiger partial charge in [0, 0.05) is 18.5 Å². The Hall–Kier alpha value is -1.80. The first-order valence-electron chi connectivity index (χ1n) is 7.95. The SMILES string of the molecule is NCc1cc(-c2ccccc2C2CCC2)cc2c1OCC2. The maximum atomic E-state index is 5.93. The van der Waals surface area contributed by atoms with E-state index in [1.165, 1.54) is 41.5 Å². The second-order valence-electron chi connectivity index (χ2n) is 6.14. The molecule has 2 N–H and O–H groups in total. The van der Waals surface area contributed by atoms with Gasteiger partial charge in [-0.3, -0.25) is 0 Å². The highest BCUT2D eigenvalue weighted by molar-refractivity contribution is 5.71. The summed E-state index contributed by atoms with van der Waals surface area (Å²) >= 11 is 0. The summed E-state index contributed by atoms with van der Waals surface area (Å²) in [7, 11) is 0. The number of fused-ring (bicyclic) bond motifs is 1. The van der Waals surface area contributed by atoms with Crippen LogP contribution in [-0.4, -0.2) is 6.61 Å². The highest BCUT2D eigenvalue weighted by Gasteiger charge is 2.24. The summed E-state index contributed by atoms with van der Waals surface area (Å²) in [6, 6.07) is 13.4. The van der Waals surface area contributed by atoms with Gasteiger partial charge >= 0.3 is 0 Å². The molecule has 2 heteroatoms. The predicted molar refractivity (Wildman–Crippen MR) is 85.6 cm³/mol. The van der Waals surface area contributed by atoms with Gasteiger partial charge in [0.05, 0.1) is 6.61 Å². The minimum atomic E-state index is 0.543. The van der Waals surface area contributed by atoms with Gasteiger partial charge in [0.2, 0.25) is 0 Å². The topological polar surface area (TPSA) is 35.2 Å². The van der Waals surface area contributed by atoms with E-state index in [0.717, 1.165) is 30.3 Å². The smallest absolute Gasteiger partial charge is 0.127 e. The van der Waals surface area contributed by atoms with Crippen LogP contribution in [0.5, 0.6) is 5.75 Å². The van der Waals surface area contributed by atoms with E-state index in [0.29, 0.717) is 6.54 Å². The van der Waals surface area contributed by atoms with E-state index < -0.39 is 0 Å². The van der Waals surface area contributed by atoms with Gasteiger partial charge in [-0.2, -0.15) is 0 Å². The van der Waals surface area contributed by atoms with E-state index in [2.05, 4.69) is 36.4 Å². The highest BCUT2D eigenvalue weighted by Crippen LogP contribution is 2.42. The average molecular weight is 279 g/mol. The molecule has 0 aromatic heterocycles. The molecule has 1 aliphatic carbocycles. The zero-order valence-electron chi connectivity index (χ0n) is 12.3. The van der Waals surface area contributed by atoms with Crippen molar-refractivity contribution in [3.63, 3.8) is 0 Å². The largest absolute Gasteiger partial charge is 0.493 e. The lowest BCUT2D eigenvalue weighted by Crippen LogP contribution is -2.10. The molecule has 4 rings (SSSR count). The number of nitrogens with two attached hydrogens (primary N) is 1. The van der Waals surface area contributed by atoms with Crippen LogP contribution in [0.25, 0.3) is 11.1 Å². The normalized spacial score (nSPS) is 17.2. The molecule has 0 spiro atoms. The lowest BCUT2D eigenvalue weighted by molar-refractivity contribution is 0.353. The average Bonchev–Trinajstić information content (AvgIpc) is 2.93. The fourth-order valence-corrected chi connectivity index (χ4v) is 3.53. The fraction of sp³-hybridized carbons (Fsp3) is 0.368. The molecule has 0 amide bonds. The number of hydrogen-bond acceptors (Lipinski definition) is 2. The molecule has 0 saturated heterocycles. The van der Waals surface area contributed by atoms with E-state index >= 15 is 0 Å². The predicted octanol–water partition coefficient (Wildman–Crippen LogP) is 4.01. The Morgan fingerprint density at radius 3 is 2.76 bits per heavy atom. The van der Waals surface area contributed by atoms with Crippen LogP contribution < -0.4 is 10.5 Å². The molecule has 21 heavy (non-hydrogen) atoms. The maximum Gasteiger partial charge on any atom is 0.127 e. The van der Waals surface area contributed by atoms with Crippen molar-refractivity contribution in [2.45, 2.75) is 38.1 Å². The Morgan fingerprint density at radius 2 is 2.00 bits per heavy atom. The van der Waals surface area contributed by atoms with Crippen LogP contribution in [0.4, 0.5) is 0 Å². The van der Waals surface area contributed by atoms with Crippen molar-refractivity contribution in [3.05, 3.63) is 53.1 Å². The first kappa shape index (κ1) is 12.9. The molecule has 2 aromatic rings. The van der Waals surface area contributed by atoms with E-state index in [1.807, 2.05) is 0 Å². The second-order valence-corrected chi connectivity index (χ2v) is 6.14. The van der Waals surface area contributed by atoms with Crippen LogP contribution in [0.3, 0.4) is 0 Å². The molecule has 1 saturated carbocycles. The molecule has 108 valence electrons. The lowest BCUT2D eigenvalue weighted by atomic mass is 9.77. The van der Waals surface area contributed by atoms with Crippen LogP contribution in [0.1, 0.15) is 41.9 Å². The second kappa shape index (κ2) is 5.19. The number of ether oxygens (including phenoxy) is 1. The van der Waals surface area contributed by atoms with Gasteiger partial charge in [-0.1, -0.05) is 30.7 Å². The summed E-state index contributed by atoms with van der Waals surface area (Å²) in [6.07, 6.45) is 5.02. The summed E-state index contributed by atoms with van der Waals surface area (Å²) in [5, 5.41) is 0. The molecular weight excluding hydrogens is 258 g/mol. The molecule has 1 heterocycles. The van der Waals surface area contributed by atoms with Crippen LogP contribution in [0.2, 0.25) is 0 Å². The van der Waals surface area contributed by atoms with Crippen molar-refractivity contribution in [2.24, 2.45) is 5.73 Å². The summed E-state index contributed by atoms with van der Waals surface area (Å²) in [6.45, 7) is 1.33. The van der Waals surface area contributed by atoms with Crippen molar-refractivity contribution in [2.75, 3.05) is 6.61 Å². The number of benzene rings is 2. The van der Waals surface area contributed by atoms with E-state index in [9.17, 15) is 0 Å². The van der Waals surface area contributed by atoms with Gasteiger partial charge in [-0.15, -0.1) is 0 Å². The fourth-order valence-electron chi connectivity index (χ4n) is 3.53. The Labute approximate surface area is 125 Å². The monoisotopic (exact) mass is 279 g/mol. The highest BCUT2D eigenvalue weighted by atomic mass is 16.5. The molecule has 0 bridgehead atoms. The van der Waals surface area contributed by atoms with Crippen molar-refractivity contribution in [1.82, 2.24) is 0 Å². The molecule has 0 radical (unpaired) electrons. The molecule has 2 aromatic carbocycles. The number of hydrogen-bond donors (Lipinski definition) is 1. The van der Waals surface area contributed by atoms with E-state index in [-0.39, 0.29) is 0 Å². The molecule has 1 aliphatic heterocycles. The molecule has 1 fully saturated rings. The first-order valence-corrected chi connectivity index (χ1v) is 7.95. The maximum absolute atomic E-state index is 5.93. The van der Waals surface area contributed by atoms with E-state index in [1.54, 1.807) is 0 Å². The van der Waals surface area contributed by atoms with Gasteiger partial charge in [0.25, 0.3) is 0 Å². The third-order valence-corrected chi connectivity index (χ3v) is 4.90. The standard InChI is InChI=1S/C19H21NO/c20-12-16-11-15(10-14-8-9-21-19(14)16)18-7-2-1-6-17(18)13-4-3-5-13/h1-2,6-7,10-11,13H,3-5,8-9,12,20H2. The summed E-state index contributed by atoms with van der Waals surface area (Å²) in [5.41, 5.74) is 12.6. The number of rotatable bonds is 3. The zero-order valence-corrected chi connectivity index (χ0v) is 12.3.